The number of hydrogen-bond acceptors (Lipinski definition) is 12. The predicted molar refractivity (Wildman–Crippen MR) is 281 cm³/mol. The molecule has 2 aliphatic rings. The molecular formula is C56H42O14S4. The molecule has 2 N–H and O–H groups in total. The molecule has 14 nitrogen and oxygen atoms in total. The minimum absolute atomic E-state index is 0.134. The van der Waals surface area contributed by atoms with Gasteiger partial charge in [-0.2, -0.15) is 33.7 Å². The van der Waals surface area contributed by atoms with Gasteiger partial charge in [0.2, 0.25) is 0 Å². The van der Waals surface area contributed by atoms with Crippen molar-refractivity contribution in [2.24, 2.45) is 0 Å². The summed E-state index contributed by atoms with van der Waals surface area (Å²) in [6.07, 6.45) is 0. The lowest BCUT2D eigenvalue weighted by atomic mass is 9.86. The van der Waals surface area contributed by atoms with Crippen LogP contribution in [0.1, 0.15) is 55.6 Å². The summed E-state index contributed by atoms with van der Waals surface area (Å²) in [5.41, 5.74) is 7.31. The van der Waals surface area contributed by atoms with Crippen molar-refractivity contribution in [2.45, 2.75) is 21.3 Å². The molecule has 0 fully saturated rings. The first-order chi connectivity index (χ1) is 35.2. The van der Waals surface area contributed by atoms with E-state index in [-0.39, 0.29) is 43.2 Å². The highest BCUT2D eigenvalue weighted by atomic mass is 32.2. The van der Waals surface area contributed by atoms with Crippen molar-refractivity contribution in [3.05, 3.63) is 238 Å². The normalized spacial score (nSPS) is 14.7. The van der Waals surface area contributed by atoms with Crippen molar-refractivity contribution >= 4 is 96.6 Å². The molecule has 0 saturated heterocycles. The second-order valence-corrected chi connectivity index (χ2v) is 23.4. The number of allylic oxidation sites excluding steroid dienone is 8. The lowest BCUT2D eigenvalue weighted by Gasteiger charge is -2.17. The maximum atomic E-state index is 15.3. The molecule has 74 heavy (non-hydrogen) atoms. The second kappa shape index (κ2) is 20.1. The van der Waals surface area contributed by atoms with E-state index in [0.717, 1.165) is 14.2 Å². The Kier molecular flexibility index (Phi) is 13.9. The Morgan fingerprint density at radius 1 is 0.311 bits per heavy atom. The van der Waals surface area contributed by atoms with E-state index in [0.29, 0.717) is 66.8 Å². The molecular weight excluding hydrogens is 1020 g/mol. The van der Waals surface area contributed by atoms with Crippen LogP contribution in [0.3, 0.4) is 0 Å². The summed E-state index contributed by atoms with van der Waals surface area (Å²) in [5, 5.41) is 0. The van der Waals surface area contributed by atoms with Gasteiger partial charge in [0.15, 0.2) is 11.6 Å². The summed E-state index contributed by atoms with van der Waals surface area (Å²) in [6, 6.07) is 49.1. The van der Waals surface area contributed by atoms with Gasteiger partial charge in [-0.05, 0) is 79.9 Å². The lowest BCUT2D eigenvalue weighted by molar-refractivity contribution is -0.109. The Labute approximate surface area is 428 Å². The third-order valence-corrected chi connectivity index (χ3v) is 16.5. The topological polar surface area (TPSA) is 230 Å². The van der Waals surface area contributed by atoms with Crippen molar-refractivity contribution in [2.75, 3.05) is 14.2 Å². The molecule has 2 aliphatic carbocycles. The van der Waals surface area contributed by atoms with Gasteiger partial charge < -0.3 is 0 Å². The van der Waals surface area contributed by atoms with Gasteiger partial charge >= 0.3 is 0 Å². The molecule has 0 aliphatic heterocycles. The van der Waals surface area contributed by atoms with Crippen molar-refractivity contribution < 1.29 is 60.7 Å². The van der Waals surface area contributed by atoms with Crippen LogP contribution in [-0.2, 0) is 69.9 Å². The Balaban J connectivity index is 1.29. The zero-order valence-corrected chi connectivity index (χ0v) is 42.4. The molecule has 374 valence electrons. The summed E-state index contributed by atoms with van der Waals surface area (Å²) in [7, 11) is -14.9. The number of rotatable bonds is 16. The van der Waals surface area contributed by atoms with E-state index in [2.05, 4.69) is 0 Å². The Morgan fingerprint density at radius 3 is 0.770 bits per heavy atom. The zero-order valence-electron chi connectivity index (χ0n) is 39.2. The van der Waals surface area contributed by atoms with Crippen LogP contribution in [0.5, 0.6) is 0 Å². The molecule has 0 unspecified atom stereocenters. The van der Waals surface area contributed by atoms with Gasteiger partial charge in [0.25, 0.3) is 40.5 Å². The fraction of sp³-hybridized carbons (Fsp3) is 0.0714. The van der Waals surface area contributed by atoms with Crippen molar-refractivity contribution in [1.82, 2.24) is 0 Å². The smallest absolute Gasteiger partial charge is 0.289 e. The Bertz CT molecular complexity index is 4000. The first-order valence-corrected chi connectivity index (χ1v) is 28.4. The van der Waals surface area contributed by atoms with E-state index in [1.807, 2.05) is 48.5 Å². The average Bonchev–Trinajstić information content (AvgIpc) is 3.87. The van der Waals surface area contributed by atoms with E-state index in [1.54, 1.807) is 60.7 Å². The fourth-order valence-corrected chi connectivity index (χ4v) is 11.8. The van der Waals surface area contributed by atoms with Gasteiger partial charge in [-0.25, -0.2) is 0 Å². The molecule has 9 rings (SSSR count). The standard InChI is InChI=1S/C56H42O14S4/c1-69-73(65,66)45-29-25-43(26-30-45)53-48(38-11-7-4-8-12-38)49(52(56(53)58)42-19-15-36(16-20-42)34-72(62,63)64)39-21-23-40(24-22-39)50-47(37-9-5-3-6-10-37)51(41-17-13-35(14-18-41)33-71(59,60)61)55(57)54(50)44-27-31-46(32-28-44)74(67,68)70-2/h3-32H,33-34H2,1-2H3,(H,59,60,61)(H,62,63,64). The molecule has 7 aromatic rings. The summed E-state index contributed by atoms with van der Waals surface area (Å²) >= 11 is 0. The maximum Gasteiger partial charge on any atom is 0.296 e. The van der Waals surface area contributed by atoms with Crippen LogP contribution < -0.4 is 0 Å². The number of carbonyl (C=O) groups is 2. The molecule has 0 spiro atoms. The van der Waals surface area contributed by atoms with Crippen LogP contribution in [0, 0.1) is 0 Å². The Morgan fingerprint density at radius 2 is 0.527 bits per heavy atom. The minimum atomic E-state index is -4.40. The Hall–Kier alpha value is -7.52. The zero-order chi connectivity index (χ0) is 52.7. The lowest BCUT2D eigenvalue weighted by Crippen LogP contribution is -2.05. The van der Waals surface area contributed by atoms with E-state index in [4.69, 9.17) is 8.37 Å². The van der Waals surface area contributed by atoms with Crippen molar-refractivity contribution in [3.8, 4) is 0 Å². The maximum absolute atomic E-state index is 15.3. The van der Waals surface area contributed by atoms with Gasteiger partial charge in [-0.1, -0.05) is 158 Å². The molecule has 0 heterocycles. The highest BCUT2D eigenvalue weighted by molar-refractivity contribution is 7.87. The van der Waals surface area contributed by atoms with Gasteiger partial charge in [0, 0.05) is 44.6 Å². The molecule has 0 amide bonds. The highest BCUT2D eigenvalue weighted by Gasteiger charge is 2.38. The molecule has 0 aromatic heterocycles. The summed E-state index contributed by atoms with van der Waals surface area (Å²) in [6.45, 7) is 0. The predicted octanol–water partition coefficient (Wildman–Crippen LogP) is 9.34. The monoisotopic (exact) mass is 1070 g/mol. The summed E-state index contributed by atoms with van der Waals surface area (Å²) in [5.74, 6) is -2.18. The summed E-state index contributed by atoms with van der Waals surface area (Å²) < 4.78 is 127. The van der Waals surface area contributed by atoms with E-state index in [1.165, 1.54) is 72.8 Å². The molecule has 18 heteroatoms. The van der Waals surface area contributed by atoms with Crippen LogP contribution in [0.25, 0.3) is 44.6 Å². The van der Waals surface area contributed by atoms with E-state index in [9.17, 15) is 42.8 Å². The number of hydrogen-bond donors (Lipinski definition) is 2. The van der Waals surface area contributed by atoms with E-state index < -0.39 is 63.5 Å². The SMILES string of the molecule is COS(=O)(=O)c1ccc(C2=C(c3ccccc3)C(c3ccc(C4=C(c5ccc(S(=O)(=O)OC)cc5)C(=O)C(c5ccc(CS(=O)(=O)O)cc5)=C4c4ccccc4)cc3)=C(c3ccc(CS(=O)(=O)O)cc3)C2=O)cc1. The summed E-state index contributed by atoms with van der Waals surface area (Å²) in [4.78, 5) is 30.3. The average molecular weight is 1070 g/mol. The molecule has 0 radical (unpaired) electrons. The second-order valence-electron chi connectivity index (χ2n) is 17.1. The van der Waals surface area contributed by atoms with Crippen LogP contribution in [-0.4, -0.2) is 68.6 Å². The van der Waals surface area contributed by atoms with Crippen molar-refractivity contribution in [3.63, 3.8) is 0 Å². The fourth-order valence-electron chi connectivity index (χ4n) is 9.20. The van der Waals surface area contributed by atoms with E-state index >= 15 is 9.59 Å². The van der Waals surface area contributed by atoms with Crippen LogP contribution in [0.2, 0.25) is 0 Å². The largest absolute Gasteiger partial charge is 0.296 e. The number of carbonyl (C=O) groups excluding carboxylic acids is 2. The molecule has 0 atom stereocenters. The number of benzene rings is 7. The third-order valence-electron chi connectivity index (χ3n) is 12.5. The molecule has 0 bridgehead atoms. The van der Waals surface area contributed by atoms with Crippen LogP contribution >= 0.6 is 0 Å². The van der Waals surface area contributed by atoms with Crippen LogP contribution in [0.4, 0.5) is 0 Å². The number of ketones is 2. The minimum Gasteiger partial charge on any atom is -0.289 e. The first kappa shape index (κ1) is 51.4. The van der Waals surface area contributed by atoms with Gasteiger partial charge in [-0.3, -0.25) is 27.1 Å². The van der Waals surface area contributed by atoms with Crippen LogP contribution in [0.15, 0.2) is 192 Å². The molecule has 7 aromatic carbocycles. The number of Topliss-reactive ketones (excluding diaryl/α,β-unsaturated/α-hetero) is 2. The quantitative estimate of drug-likeness (QED) is 0.0679. The third kappa shape index (κ3) is 10.3. The van der Waals surface area contributed by atoms with Gasteiger partial charge in [0.1, 0.15) is 11.5 Å². The first-order valence-electron chi connectivity index (χ1n) is 22.4. The highest BCUT2D eigenvalue weighted by Crippen LogP contribution is 2.52. The van der Waals surface area contributed by atoms with Crippen molar-refractivity contribution in [1.29, 1.82) is 0 Å². The van der Waals surface area contributed by atoms with Gasteiger partial charge in [0.05, 0.1) is 24.0 Å². The van der Waals surface area contributed by atoms with Gasteiger partial charge in [-0.15, -0.1) is 0 Å². The molecule has 0 saturated carbocycles.